The van der Waals surface area contributed by atoms with Crippen LogP contribution in [0.2, 0.25) is 0 Å². The van der Waals surface area contributed by atoms with E-state index in [-0.39, 0.29) is 5.41 Å². The fourth-order valence-electron chi connectivity index (χ4n) is 8.68. The van der Waals surface area contributed by atoms with Gasteiger partial charge in [0, 0.05) is 27.4 Å². The predicted molar refractivity (Wildman–Crippen MR) is 203 cm³/mol. The van der Waals surface area contributed by atoms with E-state index in [9.17, 15) is 0 Å². The number of allylic oxidation sites excluding steroid dienone is 4. The number of nitrogens with zero attached hydrogens (tertiary/aromatic N) is 1. The molecule has 7 aromatic rings. The Hall–Kier alpha value is -5.40. The van der Waals surface area contributed by atoms with E-state index in [1.165, 1.54) is 83.1 Å². The molecule has 48 heavy (non-hydrogen) atoms. The number of rotatable bonds is 5. The summed E-state index contributed by atoms with van der Waals surface area (Å²) < 4.78 is 2.55. The molecule has 2 atom stereocenters. The second kappa shape index (κ2) is 11.1. The summed E-state index contributed by atoms with van der Waals surface area (Å²) in [6.07, 6.45) is 6.89. The Morgan fingerprint density at radius 2 is 1.42 bits per heavy atom. The molecule has 0 radical (unpaired) electrons. The predicted octanol–water partition coefficient (Wildman–Crippen LogP) is 12.1. The van der Waals surface area contributed by atoms with Crippen LogP contribution in [0.1, 0.15) is 60.6 Å². The van der Waals surface area contributed by atoms with Crippen molar-refractivity contribution in [2.24, 2.45) is 5.92 Å². The van der Waals surface area contributed by atoms with E-state index in [0.717, 1.165) is 12.8 Å². The molecule has 0 fully saturated rings. The Kier molecular flexibility index (Phi) is 6.66. The first kappa shape index (κ1) is 28.8. The molecule has 1 heterocycles. The number of fused-ring (bicyclic) bond motifs is 7. The molecule has 2 aliphatic carbocycles. The molecule has 1 nitrogen and oxygen atoms in total. The van der Waals surface area contributed by atoms with Crippen LogP contribution < -0.4 is 0 Å². The van der Waals surface area contributed by atoms with E-state index in [4.69, 9.17) is 0 Å². The fourth-order valence-corrected chi connectivity index (χ4v) is 8.68. The van der Waals surface area contributed by atoms with Crippen LogP contribution in [-0.2, 0) is 11.8 Å². The van der Waals surface area contributed by atoms with E-state index in [1.54, 1.807) is 0 Å². The van der Waals surface area contributed by atoms with Gasteiger partial charge in [-0.3, -0.25) is 0 Å². The van der Waals surface area contributed by atoms with Crippen molar-refractivity contribution in [3.05, 3.63) is 191 Å². The summed E-state index contributed by atoms with van der Waals surface area (Å²) in [4.78, 5) is 0. The number of hydrogen-bond donors (Lipinski definition) is 0. The summed E-state index contributed by atoms with van der Waals surface area (Å²) in [5.41, 5.74) is 17.0. The molecule has 0 spiro atoms. The number of aromatic nitrogens is 1. The van der Waals surface area contributed by atoms with Gasteiger partial charge in [-0.25, -0.2) is 0 Å². The minimum Gasteiger partial charge on any atom is -0.309 e. The zero-order valence-electron chi connectivity index (χ0n) is 27.9. The molecule has 0 aliphatic heterocycles. The van der Waals surface area contributed by atoms with Gasteiger partial charge in [0.2, 0.25) is 0 Å². The van der Waals surface area contributed by atoms with Crippen LogP contribution in [0.15, 0.2) is 157 Å². The number of hydrogen-bond acceptors (Lipinski definition) is 0. The van der Waals surface area contributed by atoms with Gasteiger partial charge in [-0.05, 0) is 101 Å². The van der Waals surface area contributed by atoms with Gasteiger partial charge in [0.25, 0.3) is 0 Å². The lowest BCUT2D eigenvalue weighted by Crippen LogP contribution is -2.22. The SMILES string of the molecule is CC1=CC(C)CC=C1c1cc(-n2c3ccccc3c3ccc4c(c32)-c2ccccc2C4(C)c2ccccc2)ccc1Cc1ccccc1. The highest BCUT2D eigenvalue weighted by molar-refractivity contribution is 6.16. The zero-order chi connectivity index (χ0) is 32.4. The van der Waals surface area contributed by atoms with Crippen LogP contribution in [0.4, 0.5) is 0 Å². The molecule has 0 saturated heterocycles. The lowest BCUT2D eigenvalue weighted by atomic mass is 9.74. The van der Waals surface area contributed by atoms with E-state index < -0.39 is 0 Å². The maximum atomic E-state index is 2.55. The van der Waals surface area contributed by atoms with Crippen molar-refractivity contribution in [3.8, 4) is 16.8 Å². The average Bonchev–Trinajstić information content (AvgIpc) is 3.60. The first-order chi connectivity index (χ1) is 23.5. The van der Waals surface area contributed by atoms with E-state index in [0.29, 0.717) is 5.92 Å². The molecular weight excluding hydrogens is 579 g/mol. The molecule has 1 aromatic heterocycles. The molecule has 0 bridgehead atoms. The topological polar surface area (TPSA) is 4.93 Å². The standard InChI is InChI=1S/C47H39N/c1-31-22-25-37(32(2)28-31)41-30-36(24-23-34(41)29-33-14-6-4-7-15-33)48-44-21-13-11-18-38(44)39-26-27-43-45(46(39)48)40-19-10-12-20-42(40)47(43,3)35-16-8-5-9-17-35/h4-21,23-28,30-31H,22,29H2,1-3H3. The van der Waals surface area contributed by atoms with Gasteiger partial charge in [-0.15, -0.1) is 0 Å². The monoisotopic (exact) mass is 617 g/mol. The van der Waals surface area contributed by atoms with Crippen molar-refractivity contribution in [1.29, 1.82) is 0 Å². The molecule has 0 saturated carbocycles. The molecule has 1 heteroatoms. The van der Waals surface area contributed by atoms with Crippen LogP contribution in [0, 0.1) is 5.92 Å². The average molecular weight is 618 g/mol. The molecule has 232 valence electrons. The number of benzene rings is 6. The number of para-hydroxylation sites is 1. The van der Waals surface area contributed by atoms with Gasteiger partial charge < -0.3 is 4.57 Å². The minimum absolute atomic E-state index is 0.251. The Morgan fingerprint density at radius 3 is 2.23 bits per heavy atom. The summed E-state index contributed by atoms with van der Waals surface area (Å²) in [5, 5.41) is 2.59. The van der Waals surface area contributed by atoms with Crippen molar-refractivity contribution in [2.75, 3.05) is 0 Å². The third-order valence-corrected chi connectivity index (χ3v) is 11.0. The molecule has 6 aromatic carbocycles. The van der Waals surface area contributed by atoms with Crippen molar-refractivity contribution in [2.45, 2.75) is 39.0 Å². The molecule has 2 unspecified atom stereocenters. The van der Waals surface area contributed by atoms with E-state index in [1.807, 2.05) is 0 Å². The summed E-state index contributed by atoms with van der Waals surface area (Å²) in [6.45, 7) is 7.01. The van der Waals surface area contributed by atoms with Gasteiger partial charge in [0.05, 0.1) is 11.0 Å². The summed E-state index contributed by atoms with van der Waals surface area (Å²) in [5.74, 6) is 0.563. The molecule has 2 aliphatic rings. The Morgan fingerprint density at radius 1 is 0.688 bits per heavy atom. The van der Waals surface area contributed by atoms with Crippen molar-refractivity contribution >= 4 is 27.4 Å². The van der Waals surface area contributed by atoms with Gasteiger partial charge in [-0.2, -0.15) is 0 Å². The molecule has 0 amide bonds. The van der Waals surface area contributed by atoms with Gasteiger partial charge in [0.1, 0.15) is 0 Å². The first-order valence-corrected chi connectivity index (χ1v) is 17.3. The Labute approximate surface area is 283 Å². The Bertz CT molecular complexity index is 2420. The second-order valence-electron chi connectivity index (χ2n) is 14.0. The third kappa shape index (κ3) is 4.31. The van der Waals surface area contributed by atoms with Gasteiger partial charge in [-0.1, -0.05) is 140 Å². The van der Waals surface area contributed by atoms with Gasteiger partial charge in [0.15, 0.2) is 0 Å². The van der Waals surface area contributed by atoms with Crippen molar-refractivity contribution in [1.82, 2.24) is 4.57 Å². The van der Waals surface area contributed by atoms with Crippen LogP contribution in [-0.4, -0.2) is 4.57 Å². The highest BCUT2D eigenvalue weighted by Crippen LogP contribution is 2.55. The minimum atomic E-state index is -0.251. The molecular formula is C47H39N. The van der Waals surface area contributed by atoms with E-state index >= 15 is 0 Å². The van der Waals surface area contributed by atoms with Crippen LogP contribution in [0.25, 0.3) is 44.2 Å². The quantitative estimate of drug-likeness (QED) is 0.181. The third-order valence-electron chi connectivity index (χ3n) is 11.0. The summed E-state index contributed by atoms with van der Waals surface area (Å²) in [6, 6.07) is 51.9. The zero-order valence-corrected chi connectivity index (χ0v) is 27.9. The summed E-state index contributed by atoms with van der Waals surface area (Å²) in [7, 11) is 0. The maximum Gasteiger partial charge on any atom is 0.0622 e. The van der Waals surface area contributed by atoms with Crippen molar-refractivity contribution < 1.29 is 0 Å². The smallest absolute Gasteiger partial charge is 0.0622 e. The molecule has 9 rings (SSSR count). The van der Waals surface area contributed by atoms with Crippen molar-refractivity contribution in [3.63, 3.8) is 0 Å². The van der Waals surface area contributed by atoms with Crippen LogP contribution >= 0.6 is 0 Å². The maximum absolute atomic E-state index is 2.55. The van der Waals surface area contributed by atoms with Gasteiger partial charge >= 0.3 is 0 Å². The lowest BCUT2D eigenvalue weighted by Gasteiger charge is -2.28. The Balaban J connectivity index is 1.35. The highest BCUT2D eigenvalue weighted by atomic mass is 15.0. The largest absolute Gasteiger partial charge is 0.309 e. The fraction of sp³-hybridized carbons (Fsp3) is 0.149. The second-order valence-corrected chi connectivity index (χ2v) is 14.0. The van der Waals surface area contributed by atoms with E-state index in [2.05, 4.69) is 177 Å². The lowest BCUT2D eigenvalue weighted by molar-refractivity contribution is 0.714. The first-order valence-electron chi connectivity index (χ1n) is 17.3. The molecule has 0 N–H and O–H groups in total. The summed E-state index contributed by atoms with van der Waals surface area (Å²) >= 11 is 0. The normalized spacial score (nSPS) is 18.4. The van der Waals surface area contributed by atoms with Crippen LogP contribution in [0.3, 0.4) is 0 Å². The van der Waals surface area contributed by atoms with Crippen LogP contribution in [0.5, 0.6) is 0 Å². The highest BCUT2D eigenvalue weighted by Gasteiger charge is 2.42.